The molecule has 0 aliphatic heterocycles. The number of carbonyl (C=O) groups excluding carboxylic acids is 1. The van der Waals surface area contributed by atoms with E-state index in [9.17, 15) is 4.79 Å². The monoisotopic (exact) mass is 368 g/mol. The molecule has 2 nitrogen and oxygen atoms in total. The van der Waals surface area contributed by atoms with Gasteiger partial charge in [0.2, 0.25) is 11.8 Å². The second kappa shape index (κ2) is 5.76. The van der Waals surface area contributed by atoms with Crippen LogP contribution in [0.15, 0.2) is 57.7 Å². The van der Waals surface area contributed by atoms with Gasteiger partial charge in [0.05, 0.1) is 4.47 Å². The highest BCUT2D eigenvalue weighted by Crippen LogP contribution is 2.14. The van der Waals surface area contributed by atoms with Crippen molar-refractivity contribution in [1.82, 2.24) is 0 Å². The normalized spacial score (nSPS) is 12.2. The topological polar surface area (TPSA) is 20.9 Å². The SMILES string of the molecule is C[C@H](C(=O)c1ccc(Br)cc1)[n+]1cccc(Br)c1. The lowest BCUT2D eigenvalue weighted by atomic mass is 10.1. The molecule has 0 fully saturated rings. The second-order valence-corrected chi connectivity index (χ2v) is 5.85. The molecule has 0 radical (unpaired) electrons. The zero-order valence-electron chi connectivity index (χ0n) is 9.81. The maximum Gasteiger partial charge on any atom is 0.230 e. The molecule has 0 saturated carbocycles. The summed E-state index contributed by atoms with van der Waals surface area (Å²) in [5.74, 6) is 0.102. The molecule has 0 bridgehead atoms. The Bertz CT molecular complexity index is 566. The van der Waals surface area contributed by atoms with Crippen LogP contribution in [0, 0.1) is 0 Å². The number of rotatable bonds is 3. The maximum absolute atomic E-state index is 12.3. The number of hydrogen-bond donors (Lipinski definition) is 0. The molecule has 1 heterocycles. The average molecular weight is 370 g/mol. The molecule has 4 heteroatoms. The van der Waals surface area contributed by atoms with Crippen molar-refractivity contribution >= 4 is 37.6 Å². The van der Waals surface area contributed by atoms with E-state index in [1.807, 2.05) is 60.3 Å². The van der Waals surface area contributed by atoms with Gasteiger partial charge in [-0.3, -0.25) is 4.79 Å². The zero-order chi connectivity index (χ0) is 13.1. The maximum atomic E-state index is 12.3. The van der Waals surface area contributed by atoms with Crippen LogP contribution in [0.3, 0.4) is 0 Å². The Morgan fingerprint density at radius 2 is 1.78 bits per heavy atom. The summed E-state index contributed by atoms with van der Waals surface area (Å²) in [5, 5.41) is 0. The quantitative estimate of drug-likeness (QED) is 0.592. The highest BCUT2D eigenvalue weighted by molar-refractivity contribution is 9.10. The smallest absolute Gasteiger partial charge is 0.230 e. The fourth-order valence-corrected chi connectivity index (χ4v) is 2.35. The first-order valence-corrected chi connectivity index (χ1v) is 7.12. The lowest BCUT2D eigenvalue weighted by Gasteiger charge is -2.06. The standard InChI is InChI=1S/C14H12Br2NO/c1-10(17-8-2-3-13(16)9-17)14(18)11-4-6-12(15)7-5-11/h2-10H,1H3/q+1/t10-/m1/s1. The Labute approximate surface area is 123 Å². The van der Waals surface area contributed by atoms with Crippen LogP contribution in [0.2, 0.25) is 0 Å². The van der Waals surface area contributed by atoms with Gasteiger partial charge in [0.25, 0.3) is 0 Å². The minimum Gasteiger partial charge on any atom is -0.287 e. The van der Waals surface area contributed by atoms with E-state index in [2.05, 4.69) is 31.9 Å². The van der Waals surface area contributed by atoms with Crippen LogP contribution in [0.5, 0.6) is 0 Å². The first-order chi connectivity index (χ1) is 8.58. The van der Waals surface area contributed by atoms with E-state index in [-0.39, 0.29) is 11.8 Å². The van der Waals surface area contributed by atoms with Gasteiger partial charge >= 0.3 is 0 Å². The van der Waals surface area contributed by atoms with Crippen molar-refractivity contribution in [3.63, 3.8) is 0 Å². The van der Waals surface area contributed by atoms with Crippen molar-refractivity contribution in [3.05, 3.63) is 63.3 Å². The Hall–Kier alpha value is -1.00. The van der Waals surface area contributed by atoms with Gasteiger partial charge in [-0.05, 0) is 34.1 Å². The molecule has 0 saturated heterocycles. The minimum absolute atomic E-state index is 0.102. The van der Waals surface area contributed by atoms with Gasteiger partial charge in [-0.2, -0.15) is 4.57 Å². The van der Waals surface area contributed by atoms with E-state index in [0.717, 1.165) is 14.5 Å². The molecule has 18 heavy (non-hydrogen) atoms. The summed E-state index contributed by atoms with van der Waals surface area (Å²) < 4.78 is 3.83. The van der Waals surface area contributed by atoms with E-state index < -0.39 is 0 Å². The highest BCUT2D eigenvalue weighted by atomic mass is 79.9. The predicted octanol–water partition coefficient (Wildman–Crippen LogP) is 3.94. The van der Waals surface area contributed by atoms with Crippen LogP contribution in [0.25, 0.3) is 0 Å². The van der Waals surface area contributed by atoms with Crippen LogP contribution in [-0.2, 0) is 0 Å². The summed E-state index contributed by atoms with van der Waals surface area (Å²) in [7, 11) is 0. The zero-order valence-corrected chi connectivity index (χ0v) is 13.0. The molecule has 0 spiro atoms. The van der Waals surface area contributed by atoms with Crippen LogP contribution >= 0.6 is 31.9 Å². The number of Topliss-reactive ketones (excluding diaryl/α,β-unsaturated/α-hetero) is 1. The summed E-state index contributed by atoms with van der Waals surface area (Å²) in [4.78, 5) is 12.3. The minimum atomic E-state index is -0.219. The van der Waals surface area contributed by atoms with Crippen LogP contribution in [-0.4, -0.2) is 5.78 Å². The number of nitrogens with zero attached hydrogens (tertiary/aromatic N) is 1. The van der Waals surface area contributed by atoms with Gasteiger partial charge in [-0.25, -0.2) is 0 Å². The number of carbonyl (C=O) groups is 1. The molecule has 1 atom stereocenters. The van der Waals surface area contributed by atoms with E-state index >= 15 is 0 Å². The Morgan fingerprint density at radius 1 is 1.11 bits per heavy atom. The summed E-state index contributed by atoms with van der Waals surface area (Å²) in [6, 6.07) is 11.1. The largest absolute Gasteiger partial charge is 0.287 e. The average Bonchev–Trinajstić information content (AvgIpc) is 2.38. The van der Waals surface area contributed by atoms with Gasteiger partial charge in [-0.1, -0.05) is 28.1 Å². The van der Waals surface area contributed by atoms with Crippen LogP contribution in [0.4, 0.5) is 0 Å². The van der Waals surface area contributed by atoms with Crippen molar-refractivity contribution in [1.29, 1.82) is 0 Å². The molecular weight excluding hydrogens is 358 g/mol. The van der Waals surface area contributed by atoms with E-state index in [1.54, 1.807) is 0 Å². The number of halogens is 2. The van der Waals surface area contributed by atoms with Gasteiger partial charge in [0.1, 0.15) is 0 Å². The summed E-state index contributed by atoms with van der Waals surface area (Å²) in [6.45, 7) is 1.90. The van der Waals surface area contributed by atoms with E-state index in [0.29, 0.717) is 0 Å². The van der Waals surface area contributed by atoms with E-state index in [1.165, 1.54) is 0 Å². The van der Waals surface area contributed by atoms with Crippen molar-refractivity contribution < 1.29 is 9.36 Å². The van der Waals surface area contributed by atoms with E-state index in [4.69, 9.17) is 0 Å². The summed E-state index contributed by atoms with van der Waals surface area (Å²) >= 11 is 6.77. The predicted molar refractivity (Wildman–Crippen MR) is 77.5 cm³/mol. The van der Waals surface area contributed by atoms with Crippen molar-refractivity contribution in [3.8, 4) is 0 Å². The summed E-state index contributed by atoms with van der Waals surface area (Å²) in [5.41, 5.74) is 0.721. The van der Waals surface area contributed by atoms with Gasteiger partial charge < -0.3 is 0 Å². The third-order valence-electron chi connectivity index (χ3n) is 2.74. The number of ketones is 1. The summed E-state index contributed by atoms with van der Waals surface area (Å²) in [6.07, 6.45) is 3.80. The van der Waals surface area contributed by atoms with Gasteiger partial charge in [0, 0.05) is 23.0 Å². The molecule has 0 unspecified atom stereocenters. The highest BCUT2D eigenvalue weighted by Gasteiger charge is 2.23. The lowest BCUT2D eigenvalue weighted by Crippen LogP contribution is -2.41. The second-order valence-electron chi connectivity index (χ2n) is 4.02. The number of aromatic nitrogens is 1. The lowest BCUT2D eigenvalue weighted by molar-refractivity contribution is -0.705. The molecule has 0 amide bonds. The molecule has 1 aromatic heterocycles. The Kier molecular flexibility index (Phi) is 4.30. The Balaban J connectivity index is 2.26. The first-order valence-electron chi connectivity index (χ1n) is 5.54. The molecule has 92 valence electrons. The van der Waals surface area contributed by atoms with Crippen molar-refractivity contribution in [2.24, 2.45) is 0 Å². The number of pyridine rings is 1. The third-order valence-corrected chi connectivity index (χ3v) is 3.74. The molecular formula is C14H12Br2NO+. The van der Waals surface area contributed by atoms with Crippen molar-refractivity contribution in [2.75, 3.05) is 0 Å². The molecule has 2 aromatic rings. The first kappa shape index (κ1) is 13.4. The van der Waals surface area contributed by atoms with Crippen molar-refractivity contribution in [2.45, 2.75) is 13.0 Å². The van der Waals surface area contributed by atoms with Gasteiger partial charge in [-0.15, -0.1) is 0 Å². The number of hydrogen-bond acceptors (Lipinski definition) is 1. The number of benzene rings is 1. The van der Waals surface area contributed by atoms with Crippen LogP contribution in [0.1, 0.15) is 23.3 Å². The fourth-order valence-electron chi connectivity index (χ4n) is 1.69. The van der Waals surface area contributed by atoms with Gasteiger partial charge in [0.15, 0.2) is 12.4 Å². The molecule has 2 rings (SSSR count). The molecule has 0 aliphatic carbocycles. The fraction of sp³-hybridized carbons (Fsp3) is 0.143. The van der Waals surface area contributed by atoms with Crippen LogP contribution < -0.4 is 4.57 Å². The molecule has 1 aromatic carbocycles. The Morgan fingerprint density at radius 3 is 2.39 bits per heavy atom. The molecule has 0 aliphatic rings. The molecule has 0 N–H and O–H groups in total. The third kappa shape index (κ3) is 3.06.